The van der Waals surface area contributed by atoms with Crippen molar-refractivity contribution in [3.05, 3.63) is 65.2 Å². The number of hydrogen-bond acceptors (Lipinski definition) is 7. The molecule has 0 bridgehead atoms. The maximum Gasteiger partial charge on any atom is 0.254 e. The van der Waals surface area contributed by atoms with Crippen LogP contribution in [-0.4, -0.2) is 48.1 Å². The predicted octanol–water partition coefficient (Wildman–Crippen LogP) is 4.86. The van der Waals surface area contributed by atoms with E-state index in [0.29, 0.717) is 24.9 Å². The van der Waals surface area contributed by atoms with Gasteiger partial charge < -0.3 is 9.47 Å². The first-order valence-electron chi connectivity index (χ1n) is 12.2. The number of thioether (sulfide) groups is 1. The quantitative estimate of drug-likeness (QED) is 0.349. The van der Waals surface area contributed by atoms with Crippen molar-refractivity contribution >= 4 is 39.2 Å². The lowest BCUT2D eigenvalue weighted by Gasteiger charge is -2.27. The van der Waals surface area contributed by atoms with Crippen LogP contribution in [0.25, 0.3) is 10.2 Å². The number of rotatable bonds is 6. The summed E-state index contributed by atoms with van der Waals surface area (Å²) in [7, 11) is 0. The number of thiazole rings is 1. The summed E-state index contributed by atoms with van der Waals surface area (Å²) in [6, 6.07) is 5.94. The Bertz CT molecular complexity index is 1350. The van der Waals surface area contributed by atoms with Gasteiger partial charge in [-0.25, -0.2) is 19.9 Å². The van der Waals surface area contributed by atoms with Crippen LogP contribution in [0.4, 0.5) is 0 Å². The van der Waals surface area contributed by atoms with Crippen LogP contribution >= 0.6 is 23.1 Å². The molecule has 2 atom stereocenters. The lowest BCUT2D eigenvalue weighted by molar-refractivity contribution is 0.0707. The molecule has 35 heavy (non-hydrogen) atoms. The van der Waals surface area contributed by atoms with E-state index in [2.05, 4.69) is 19.5 Å². The van der Waals surface area contributed by atoms with E-state index in [-0.39, 0.29) is 5.91 Å². The zero-order valence-corrected chi connectivity index (χ0v) is 21.4. The van der Waals surface area contributed by atoms with Gasteiger partial charge in [0.25, 0.3) is 5.91 Å². The zero-order valence-electron chi connectivity index (χ0n) is 19.8. The Morgan fingerprint density at radius 2 is 1.94 bits per heavy atom. The predicted molar refractivity (Wildman–Crippen MR) is 139 cm³/mol. The molecule has 4 heterocycles. The highest BCUT2D eigenvalue weighted by Crippen LogP contribution is 2.36. The number of imidazole rings is 1. The number of fused-ring (bicyclic) bond motifs is 2. The molecule has 1 fully saturated rings. The van der Waals surface area contributed by atoms with Gasteiger partial charge in [-0.15, -0.1) is 23.1 Å². The molecule has 1 aliphatic carbocycles. The molecule has 7 nitrogen and oxygen atoms in total. The SMILES string of the molecule is CSc1cnc(C[C@H]2CC[C@H](Cc3nc4ccc(C(=O)N5CCn6ccnc6C5)cc4s3)C2)nc1. The summed E-state index contributed by atoms with van der Waals surface area (Å²) < 4.78 is 3.21. The summed E-state index contributed by atoms with van der Waals surface area (Å²) in [5.74, 6) is 3.29. The van der Waals surface area contributed by atoms with E-state index in [1.165, 1.54) is 24.3 Å². The Labute approximate surface area is 213 Å². The van der Waals surface area contributed by atoms with Crippen molar-refractivity contribution in [3.63, 3.8) is 0 Å². The molecule has 1 amide bonds. The van der Waals surface area contributed by atoms with Gasteiger partial charge in [0, 0.05) is 61.2 Å². The highest BCUT2D eigenvalue weighted by atomic mass is 32.2. The van der Waals surface area contributed by atoms with Crippen molar-refractivity contribution < 1.29 is 4.79 Å². The fourth-order valence-corrected chi connectivity index (χ4v) is 6.77. The molecule has 3 aromatic heterocycles. The van der Waals surface area contributed by atoms with Gasteiger partial charge in [-0.3, -0.25) is 4.79 Å². The molecule has 2 aliphatic rings. The molecule has 180 valence electrons. The van der Waals surface area contributed by atoms with Gasteiger partial charge in [-0.2, -0.15) is 0 Å². The van der Waals surface area contributed by atoms with Gasteiger partial charge in [-0.1, -0.05) is 0 Å². The fourth-order valence-electron chi connectivity index (χ4n) is 5.33. The standard InChI is InChI=1S/C26H28N6OS2/c1-34-20-14-28-23(29-15-20)11-17-2-3-18(10-17)12-25-30-21-5-4-19(13-22(21)35-25)26(33)32-9-8-31-7-6-27-24(31)16-32/h4-7,13-15,17-18H,2-3,8-12,16H2,1H3/t17-,18-/m0/s1. The molecule has 0 unspecified atom stereocenters. The number of carbonyl (C=O) groups excluding carboxylic acids is 1. The van der Waals surface area contributed by atoms with Gasteiger partial charge in [0.2, 0.25) is 0 Å². The smallest absolute Gasteiger partial charge is 0.254 e. The first-order chi connectivity index (χ1) is 17.1. The van der Waals surface area contributed by atoms with Crippen LogP contribution in [-0.2, 0) is 25.9 Å². The van der Waals surface area contributed by atoms with Crippen molar-refractivity contribution in [2.24, 2.45) is 11.8 Å². The van der Waals surface area contributed by atoms with E-state index in [1.54, 1.807) is 29.3 Å². The van der Waals surface area contributed by atoms with Crippen LogP contribution in [0.2, 0.25) is 0 Å². The van der Waals surface area contributed by atoms with E-state index >= 15 is 0 Å². The molecular weight excluding hydrogens is 476 g/mol. The van der Waals surface area contributed by atoms with Gasteiger partial charge in [0.05, 0.1) is 21.8 Å². The molecule has 9 heteroatoms. The molecule has 0 spiro atoms. The summed E-state index contributed by atoms with van der Waals surface area (Å²) in [6.45, 7) is 2.07. The molecule has 1 aliphatic heterocycles. The molecule has 1 saturated carbocycles. The Morgan fingerprint density at radius 3 is 2.77 bits per heavy atom. The third-order valence-electron chi connectivity index (χ3n) is 7.21. The maximum absolute atomic E-state index is 13.1. The minimum Gasteiger partial charge on any atom is -0.332 e. The van der Waals surface area contributed by atoms with E-state index in [1.807, 2.05) is 47.9 Å². The van der Waals surface area contributed by atoms with Crippen LogP contribution in [0, 0.1) is 11.8 Å². The van der Waals surface area contributed by atoms with E-state index in [0.717, 1.165) is 51.7 Å². The number of hydrogen-bond donors (Lipinski definition) is 0. The minimum atomic E-state index is 0.0718. The van der Waals surface area contributed by atoms with Crippen molar-refractivity contribution in [1.29, 1.82) is 0 Å². The number of nitrogens with zero attached hydrogens (tertiary/aromatic N) is 6. The Morgan fingerprint density at radius 1 is 1.11 bits per heavy atom. The maximum atomic E-state index is 13.1. The van der Waals surface area contributed by atoms with E-state index in [9.17, 15) is 4.79 Å². The topological polar surface area (TPSA) is 76.8 Å². The number of carbonyl (C=O) groups is 1. The zero-order chi connectivity index (χ0) is 23.8. The van der Waals surface area contributed by atoms with Crippen molar-refractivity contribution in [1.82, 2.24) is 29.4 Å². The van der Waals surface area contributed by atoms with Crippen LogP contribution in [0.1, 0.15) is 46.3 Å². The highest BCUT2D eigenvalue weighted by Gasteiger charge is 2.27. The molecular formula is C26H28N6OS2. The van der Waals surface area contributed by atoms with Gasteiger partial charge in [0.15, 0.2) is 0 Å². The largest absolute Gasteiger partial charge is 0.332 e. The summed E-state index contributed by atoms with van der Waals surface area (Å²) in [5.41, 5.74) is 1.73. The average molecular weight is 505 g/mol. The summed E-state index contributed by atoms with van der Waals surface area (Å²) in [5, 5.41) is 1.18. The van der Waals surface area contributed by atoms with E-state index in [4.69, 9.17) is 4.98 Å². The third-order valence-corrected chi connectivity index (χ3v) is 8.94. The summed E-state index contributed by atoms with van der Waals surface area (Å²) in [6.07, 6.45) is 15.3. The summed E-state index contributed by atoms with van der Waals surface area (Å²) >= 11 is 3.41. The lowest BCUT2D eigenvalue weighted by atomic mass is 9.99. The molecule has 0 N–H and O–H groups in total. The average Bonchev–Trinajstić information content (AvgIpc) is 3.62. The fraction of sp³-hybridized carbons (Fsp3) is 0.423. The van der Waals surface area contributed by atoms with E-state index < -0.39 is 0 Å². The number of benzene rings is 1. The van der Waals surface area contributed by atoms with Crippen LogP contribution in [0.15, 0.2) is 47.9 Å². The van der Waals surface area contributed by atoms with Crippen LogP contribution < -0.4 is 0 Å². The molecule has 4 aromatic rings. The first kappa shape index (κ1) is 22.7. The number of aromatic nitrogens is 5. The van der Waals surface area contributed by atoms with Crippen molar-refractivity contribution in [2.45, 2.75) is 50.1 Å². The highest BCUT2D eigenvalue weighted by molar-refractivity contribution is 7.98. The first-order valence-corrected chi connectivity index (χ1v) is 14.2. The summed E-state index contributed by atoms with van der Waals surface area (Å²) in [4.78, 5) is 34.5. The molecule has 0 radical (unpaired) electrons. The minimum absolute atomic E-state index is 0.0718. The second-order valence-electron chi connectivity index (χ2n) is 9.55. The third kappa shape index (κ3) is 4.84. The van der Waals surface area contributed by atoms with Gasteiger partial charge >= 0.3 is 0 Å². The Kier molecular flexibility index (Phi) is 6.28. The lowest BCUT2D eigenvalue weighted by Crippen LogP contribution is -2.38. The van der Waals surface area contributed by atoms with Gasteiger partial charge in [0.1, 0.15) is 11.6 Å². The van der Waals surface area contributed by atoms with Crippen LogP contribution in [0.3, 0.4) is 0 Å². The second kappa shape index (κ2) is 9.70. The van der Waals surface area contributed by atoms with Crippen molar-refractivity contribution in [2.75, 3.05) is 12.8 Å². The molecule has 6 rings (SSSR count). The van der Waals surface area contributed by atoms with Crippen LogP contribution in [0.5, 0.6) is 0 Å². The number of amides is 1. The van der Waals surface area contributed by atoms with Gasteiger partial charge in [-0.05, 0) is 55.6 Å². The molecule has 1 aromatic carbocycles. The Balaban J connectivity index is 1.09. The normalized spacial score (nSPS) is 19.9. The Hall–Kier alpha value is -2.78. The second-order valence-corrected chi connectivity index (χ2v) is 11.5. The van der Waals surface area contributed by atoms with Crippen molar-refractivity contribution in [3.8, 4) is 0 Å². The monoisotopic (exact) mass is 504 g/mol. The molecule has 0 saturated heterocycles.